The third-order valence-corrected chi connectivity index (χ3v) is 3.89. The summed E-state index contributed by atoms with van der Waals surface area (Å²) in [7, 11) is 0. The Labute approximate surface area is 140 Å². The zero-order valence-corrected chi connectivity index (χ0v) is 13.7. The first kappa shape index (κ1) is 17.3. The van der Waals surface area contributed by atoms with Gasteiger partial charge in [-0.2, -0.15) is 5.26 Å². The van der Waals surface area contributed by atoms with E-state index in [1.165, 1.54) is 25.3 Å². The fraction of sp³-hybridized carbons (Fsp3) is 0.353. The van der Waals surface area contributed by atoms with E-state index in [9.17, 15) is 20.0 Å². The summed E-state index contributed by atoms with van der Waals surface area (Å²) in [5.74, 6) is -0.357. The zero-order chi connectivity index (χ0) is 17.7. The molecule has 2 amide bonds. The van der Waals surface area contributed by atoms with Crippen LogP contribution in [0.1, 0.15) is 12.5 Å². The number of nitrogens with one attached hydrogen (secondary N) is 1. The number of phenolic OH excluding ortho intramolecular Hbond substituents is 1. The van der Waals surface area contributed by atoms with E-state index in [4.69, 9.17) is 0 Å². The van der Waals surface area contributed by atoms with Gasteiger partial charge in [0.05, 0.1) is 0 Å². The number of piperazine rings is 1. The second-order valence-electron chi connectivity index (χ2n) is 5.65. The van der Waals surface area contributed by atoms with Gasteiger partial charge < -0.3 is 20.2 Å². The van der Waals surface area contributed by atoms with Crippen LogP contribution in [-0.4, -0.2) is 52.9 Å². The molecule has 1 aliphatic rings. The third-order valence-electron chi connectivity index (χ3n) is 3.89. The summed E-state index contributed by atoms with van der Waals surface area (Å²) in [5.41, 5.74) is 1.25. The van der Waals surface area contributed by atoms with Crippen molar-refractivity contribution in [1.82, 2.24) is 9.80 Å². The second-order valence-corrected chi connectivity index (χ2v) is 5.65. The molecule has 1 aliphatic heterocycles. The molecule has 0 atom stereocenters. The molecule has 1 saturated heterocycles. The summed E-state index contributed by atoms with van der Waals surface area (Å²) in [6.07, 6.45) is 1.53. The Morgan fingerprint density at radius 1 is 1.29 bits per heavy atom. The number of nitriles is 1. The highest BCUT2D eigenvalue weighted by Crippen LogP contribution is 2.20. The third kappa shape index (κ3) is 4.26. The number of hydrogen-bond acceptors (Lipinski definition) is 5. The maximum Gasteiger partial charge on any atom is 0.267 e. The molecule has 1 heterocycles. The smallest absolute Gasteiger partial charge is 0.267 e. The number of amides is 2. The minimum absolute atomic E-state index is 0.00116. The molecule has 0 aromatic heterocycles. The number of nitrogens with zero attached hydrogens (tertiary/aromatic N) is 3. The Morgan fingerprint density at radius 2 is 1.96 bits per heavy atom. The summed E-state index contributed by atoms with van der Waals surface area (Å²) in [6.45, 7) is 5.59. The molecule has 0 bridgehead atoms. The number of rotatable bonds is 3. The summed E-state index contributed by atoms with van der Waals surface area (Å²) in [5, 5.41) is 21.3. The fourth-order valence-corrected chi connectivity index (χ4v) is 2.46. The van der Waals surface area contributed by atoms with Crippen LogP contribution in [0.2, 0.25) is 0 Å². The number of hydrogen-bond donors (Lipinski definition) is 2. The van der Waals surface area contributed by atoms with Crippen LogP contribution in [0.5, 0.6) is 5.75 Å². The Bertz CT molecular complexity index is 713. The normalized spacial score (nSPS) is 15.0. The number of aromatic hydroxyl groups is 1. The summed E-state index contributed by atoms with van der Waals surface area (Å²) >= 11 is 0. The average molecular weight is 328 g/mol. The van der Waals surface area contributed by atoms with Gasteiger partial charge in [0.2, 0.25) is 5.91 Å². The first-order valence-corrected chi connectivity index (χ1v) is 7.63. The van der Waals surface area contributed by atoms with Crippen LogP contribution in [0, 0.1) is 18.3 Å². The second kappa shape index (κ2) is 7.51. The Morgan fingerprint density at radius 3 is 2.50 bits per heavy atom. The molecule has 1 aromatic rings. The highest BCUT2D eigenvalue weighted by molar-refractivity contribution is 6.06. The summed E-state index contributed by atoms with van der Waals surface area (Å²) in [6, 6.07) is 6.50. The maximum absolute atomic E-state index is 12.3. The van der Waals surface area contributed by atoms with Crippen LogP contribution in [0.15, 0.2) is 30.0 Å². The number of phenols is 1. The SMILES string of the molecule is CC(=O)N1CCN(/C=C(/C#N)C(=O)Nc2ccc(O)cc2C)CC1. The van der Waals surface area contributed by atoms with Crippen molar-refractivity contribution in [1.29, 1.82) is 5.26 Å². The topological polar surface area (TPSA) is 96.7 Å². The molecule has 7 nitrogen and oxygen atoms in total. The van der Waals surface area contributed by atoms with Crippen molar-refractivity contribution in [2.45, 2.75) is 13.8 Å². The molecule has 0 saturated carbocycles. The largest absolute Gasteiger partial charge is 0.508 e. The Hall–Kier alpha value is -3.01. The van der Waals surface area contributed by atoms with Crippen LogP contribution in [-0.2, 0) is 9.59 Å². The van der Waals surface area contributed by atoms with Gasteiger partial charge in [0.15, 0.2) is 0 Å². The van der Waals surface area contributed by atoms with Gasteiger partial charge in [-0.15, -0.1) is 0 Å². The number of anilines is 1. The standard InChI is InChI=1S/C17H20N4O3/c1-12-9-15(23)3-4-16(12)19-17(24)14(10-18)11-20-5-7-21(8-6-20)13(2)22/h3-4,9,11,23H,5-8H2,1-2H3,(H,19,24)/b14-11-. The van der Waals surface area contributed by atoms with Gasteiger partial charge in [0.1, 0.15) is 17.4 Å². The number of carbonyl (C=O) groups excluding carboxylic acids is 2. The number of benzene rings is 1. The van der Waals surface area contributed by atoms with Gasteiger partial charge in [-0.3, -0.25) is 9.59 Å². The van der Waals surface area contributed by atoms with Gasteiger partial charge >= 0.3 is 0 Å². The zero-order valence-electron chi connectivity index (χ0n) is 13.7. The van der Waals surface area contributed by atoms with Gasteiger partial charge in [0, 0.05) is 45.0 Å². The van der Waals surface area contributed by atoms with Crippen molar-refractivity contribution in [3.63, 3.8) is 0 Å². The lowest BCUT2D eigenvalue weighted by atomic mass is 10.1. The average Bonchev–Trinajstić information content (AvgIpc) is 2.55. The van der Waals surface area contributed by atoms with Crippen molar-refractivity contribution in [3.05, 3.63) is 35.5 Å². The maximum atomic E-state index is 12.3. The number of carbonyl (C=O) groups is 2. The molecule has 2 rings (SSSR count). The van der Waals surface area contributed by atoms with Gasteiger partial charge in [-0.25, -0.2) is 0 Å². The minimum atomic E-state index is -0.500. The van der Waals surface area contributed by atoms with E-state index in [1.54, 1.807) is 17.9 Å². The van der Waals surface area contributed by atoms with E-state index in [-0.39, 0.29) is 17.2 Å². The van der Waals surface area contributed by atoms with Crippen LogP contribution >= 0.6 is 0 Å². The van der Waals surface area contributed by atoms with E-state index in [2.05, 4.69) is 5.32 Å². The molecule has 0 unspecified atom stereocenters. The van der Waals surface area contributed by atoms with Crippen molar-refractivity contribution < 1.29 is 14.7 Å². The molecular weight excluding hydrogens is 308 g/mol. The molecule has 126 valence electrons. The van der Waals surface area contributed by atoms with Gasteiger partial charge in [0.25, 0.3) is 5.91 Å². The van der Waals surface area contributed by atoms with Crippen molar-refractivity contribution in [2.75, 3.05) is 31.5 Å². The van der Waals surface area contributed by atoms with Crippen LogP contribution in [0.3, 0.4) is 0 Å². The minimum Gasteiger partial charge on any atom is -0.508 e. The van der Waals surface area contributed by atoms with Crippen molar-refractivity contribution >= 4 is 17.5 Å². The van der Waals surface area contributed by atoms with E-state index in [0.717, 1.165) is 0 Å². The molecule has 7 heteroatoms. The molecule has 0 radical (unpaired) electrons. The number of aryl methyl sites for hydroxylation is 1. The molecule has 0 aliphatic carbocycles. The van der Waals surface area contributed by atoms with Crippen molar-refractivity contribution in [2.24, 2.45) is 0 Å². The first-order chi connectivity index (χ1) is 11.4. The predicted molar refractivity (Wildman–Crippen MR) is 89.0 cm³/mol. The van der Waals surface area contributed by atoms with Gasteiger partial charge in [-0.05, 0) is 30.7 Å². The molecular formula is C17H20N4O3. The lowest BCUT2D eigenvalue weighted by Gasteiger charge is -2.33. The molecule has 1 fully saturated rings. The van der Waals surface area contributed by atoms with Crippen LogP contribution in [0.4, 0.5) is 5.69 Å². The molecule has 24 heavy (non-hydrogen) atoms. The van der Waals surface area contributed by atoms with E-state index in [0.29, 0.717) is 37.4 Å². The predicted octanol–water partition coefficient (Wildman–Crippen LogP) is 1.21. The lowest BCUT2D eigenvalue weighted by Crippen LogP contribution is -2.46. The highest BCUT2D eigenvalue weighted by atomic mass is 16.3. The van der Waals surface area contributed by atoms with E-state index < -0.39 is 5.91 Å². The van der Waals surface area contributed by atoms with E-state index >= 15 is 0 Å². The molecule has 2 N–H and O–H groups in total. The van der Waals surface area contributed by atoms with Crippen LogP contribution < -0.4 is 5.32 Å². The Kier molecular flexibility index (Phi) is 5.42. The first-order valence-electron chi connectivity index (χ1n) is 7.63. The Balaban J connectivity index is 2.04. The van der Waals surface area contributed by atoms with E-state index in [1.807, 2.05) is 11.0 Å². The van der Waals surface area contributed by atoms with Crippen molar-refractivity contribution in [3.8, 4) is 11.8 Å². The molecule has 1 aromatic carbocycles. The summed E-state index contributed by atoms with van der Waals surface area (Å²) < 4.78 is 0. The summed E-state index contributed by atoms with van der Waals surface area (Å²) in [4.78, 5) is 27.2. The van der Waals surface area contributed by atoms with Crippen LogP contribution in [0.25, 0.3) is 0 Å². The monoisotopic (exact) mass is 328 g/mol. The fourth-order valence-electron chi connectivity index (χ4n) is 2.46. The highest BCUT2D eigenvalue weighted by Gasteiger charge is 2.19. The molecule has 0 spiro atoms. The van der Waals surface area contributed by atoms with Gasteiger partial charge in [-0.1, -0.05) is 0 Å². The quantitative estimate of drug-likeness (QED) is 0.494. The lowest BCUT2D eigenvalue weighted by molar-refractivity contribution is -0.130.